The van der Waals surface area contributed by atoms with Crippen molar-refractivity contribution in [2.24, 2.45) is 0 Å². The number of nitrogens with two attached hydrogens (primary N) is 1. The Bertz CT molecular complexity index is 367. The third-order valence-corrected chi connectivity index (χ3v) is 3.77. The number of anilines is 1. The molecule has 94 valence electrons. The van der Waals surface area contributed by atoms with Gasteiger partial charge in [0.05, 0.1) is 12.2 Å². The first-order valence-electron chi connectivity index (χ1n) is 5.97. The number of hydrogen-bond donors (Lipinski definition) is 1. The summed E-state index contributed by atoms with van der Waals surface area (Å²) in [5.41, 5.74) is 8.05. The summed E-state index contributed by atoms with van der Waals surface area (Å²) >= 11 is 3.57. The van der Waals surface area contributed by atoms with Crippen LogP contribution >= 0.6 is 15.9 Å². The predicted octanol–water partition coefficient (Wildman–Crippen LogP) is 2.64. The molecule has 3 nitrogen and oxygen atoms in total. The first-order chi connectivity index (χ1) is 8.06. The van der Waals surface area contributed by atoms with Gasteiger partial charge in [0.15, 0.2) is 0 Å². The smallest absolute Gasteiger partial charge is 0.0678 e. The molecule has 1 aliphatic rings. The molecule has 1 aromatic rings. The highest BCUT2D eigenvalue weighted by Gasteiger charge is 2.23. The molecule has 0 spiro atoms. The van der Waals surface area contributed by atoms with E-state index in [0.717, 1.165) is 29.8 Å². The van der Waals surface area contributed by atoms with Gasteiger partial charge in [-0.25, -0.2) is 0 Å². The van der Waals surface area contributed by atoms with Crippen LogP contribution in [0.25, 0.3) is 0 Å². The number of ether oxygens (including phenoxy) is 1. The van der Waals surface area contributed by atoms with Crippen LogP contribution in [-0.2, 0) is 11.3 Å². The summed E-state index contributed by atoms with van der Waals surface area (Å²) in [6.07, 6.45) is 0.588. The van der Waals surface area contributed by atoms with E-state index in [2.05, 4.69) is 34.7 Å². The molecule has 2 atom stereocenters. The SMILES string of the molecule is C[C@@H]1CN(Cc2c(N)cccc2Br)C[C@H](C)O1. The summed E-state index contributed by atoms with van der Waals surface area (Å²) < 4.78 is 6.82. The van der Waals surface area contributed by atoms with E-state index in [1.165, 1.54) is 5.56 Å². The zero-order valence-corrected chi connectivity index (χ0v) is 11.9. The van der Waals surface area contributed by atoms with Gasteiger partial charge in [-0.2, -0.15) is 0 Å². The first kappa shape index (κ1) is 12.9. The monoisotopic (exact) mass is 298 g/mol. The maximum atomic E-state index is 6.02. The van der Waals surface area contributed by atoms with Gasteiger partial charge in [-0.1, -0.05) is 22.0 Å². The lowest BCUT2D eigenvalue weighted by Gasteiger charge is -2.35. The molecule has 0 bridgehead atoms. The number of halogens is 1. The molecule has 1 saturated heterocycles. The van der Waals surface area contributed by atoms with E-state index in [-0.39, 0.29) is 0 Å². The van der Waals surface area contributed by atoms with Crippen molar-refractivity contribution in [3.63, 3.8) is 0 Å². The fourth-order valence-corrected chi connectivity index (χ4v) is 2.89. The molecule has 1 aliphatic heterocycles. The van der Waals surface area contributed by atoms with Crippen molar-refractivity contribution in [1.82, 2.24) is 4.90 Å². The number of rotatable bonds is 2. The molecule has 0 amide bonds. The van der Waals surface area contributed by atoms with Crippen LogP contribution in [0.5, 0.6) is 0 Å². The van der Waals surface area contributed by atoms with Gasteiger partial charge in [0.2, 0.25) is 0 Å². The van der Waals surface area contributed by atoms with Crippen molar-refractivity contribution < 1.29 is 4.74 Å². The van der Waals surface area contributed by atoms with E-state index in [0.29, 0.717) is 12.2 Å². The minimum atomic E-state index is 0.294. The second kappa shape index (κ2) is 5.38. The Morgan fingerprint density at radius 1 is 1.35 bits per heavy atom. The van der Waals surface area contributed by atoms with Gasteiger partial charge >= 0.3 is 0 Å². The maximum absolute atomic E-state index is 6.02. The fraction of sp³-hybridized carbons (Fsp3) is 0.538. The maximum Gasteiger partial charge on any atom is 0.0678 e. The van der Waals surface area contributed by atoms with Gasteiger partial charge in [0.1, 0.15) is 0 Å². The van der Waals surface area contributed by atoms with E-state index in [1.54, 1.807) is 0 Å². The van der Waals surface area contributed by atoms with E-state index in [4.69, 9.17) is 10.5 Å². The quantitative estimate of drug-likeness (QED) is 0.853. The normalized spacial score (nSPS) is 26.1. The van der Waals surface area contributed by atoms with Crippen LogP contribution < -0.4 is 5.73 Å². The number of nitrogens with zero attached hydrogens (tertiary/aromatic N) is 1. The Morgan fingerprint density at radius 3 is 2.59 bits per heavy atom. The summed E-state index contributed by atoms with van der Waals surface area (Å²) in [5, 5.41) is 0. The Balaban J connectivity index is 2.10. The zero-order chi connectivity index (χ0) is 12.4. The lowest BCUT2D eigenvalue weighted by molar-refractivity contribution is -0.0704. The summed E-state index contributed by atoms with van der Waals surface area (Å²) in [5.74, 6) is 0. The van der Waals surface area contributed by atoms with E-state index < -0.39 is 0 Å². The molecular formula is C13H19BrN2O. The molecule has 1 heterocycles. The molecule has 0 aliphatic carbocycles. The second-order valence-electron chi connectivity index (χ2n) is 4.76. The summed E-state index contributed by atoms with van der Waals surface area (Å²) in [4.78, 5) is 2.40. The molecule has 2 N–H and O–H groups in total. The fourth-order valence-electron chi connectivity index (χ4n) is 2.38. The van der Waals surface area contributed by atoms with Crippen LogP contribution in [0.4, 0.5) is 5.69 Å². The Kier molecular flexibility index (Phi) is 4.07. The average Bonchev–Trinajstić information content (AvgIpc) is 2.22. The highest BCUT2D eigenvalue weighted by atomic mass is 79.9. The summed E-state index contributed by atoms with van der Waals surface area (Å²) in [7, 11) is 0. The predicted molar refractivity (Wildman–Crippen MR) is 73.8 cm³/mol. The largest absolute Gasteiger partial charge is 0.398 e. The van der Waals surface area contributed by atoms with Crippen molar-refractivity contribution in [3.05, 3.63) is 28.2 Å². The molecule has 0 radical (unpaired) electrons. The van der Waals surface area contributed by atoms with Crippen molar-refractivity contribution in [2.75, 3.05) is 18.8 Å². The number of hydrogen-bond acceptors (Lipinski definition) is 3. The molecule has 0 saturated carbocycles. The van der Waals surface area contributed by atoms with Crippen LogP contribution in [0, 0.1) is 0 Å². The highest BCUT2D eigenvalue weighted by molar-refractivity contribution is 9.10. The van der Waals surface area contributed by atoms with Crippen molar-refractivity contribution >= 4 is 21.6 Å². The second-order valence-corrected chi connectivity index (χ2v) is 5.61. The van der Waals surface area contributed by atoms with Crippen LogP contribution in [-0.4, -0.2) is 30.2 Å². The van der Waals surface area contributed by atoms with Crippen LogP contribution in [0.2, 0.25) is 0 Å². The minimum absolute atomic E-state index is 0.294. The third-order valence-electron chi connectivity index (χ3n) is 3.03. The van der Waals surface area contributed by atoms with E-state index >= 15 is 0 Å². The Hall–Kier alpha value is -0.580. The minimum Gasteiger partial charge on any atom is -0.398 e. The molecule has 0 unspecified atom stereocenters. The molecule has 17 heavy (non-hydrogen) atoms. The average molecular weight is 299 g/mol. The van der Waals surface area contributed by atoms with Crippen molar-refractivity contribution in [2.45, 2.75) is 32.6 Å². The molecule has 4 heteroatoms. The van der Waals surface area contributed by atoms with Gasteiger partial charge in [-0.3, -0.25) is 4.90 Å². The zero-order valence-electron chi connectivity index (χ0n) is 10.3. The molecule has 0 aromatic heterocycles. The lowest BCUT2D eigenvalue weighted by atomic mass is 10.1. The Labute approximate surface area is 111 Å². The number of nitrogen functional groups attached to an aromatic ring is 1. The molecule has 1 fully saturated rings. The van der Waals surface area contributed by atoms with Gasteiger partial charge < -0.3 is 10.5 Å². The van der Waals surface area contributed by atoms with Gasteiger partial charge in [-0.05, 0) is 26.0 Å². The van der Waals surface area contributed by atoms with Gasteiger partial charge in [-0.15, -0.1) is 0 Å². The molecule has 2 rings (SSSR count). The molecule has 1 aromatic carbocycles. The van der Waals surface area contributed by atoms with Gasteiger partial charge in [0, 0.05) is 35.4 Å². The van der Waals surface area contributed by atoms with E-state index in [9.17, 15) is 0 Å². The van der Waals surface area contributed by atoms with Crippen molar-refractivity contribution in [3.8, 4) is 0 Å². The first-order valence-corrected chi connectivity index (χ1v) is 6.76. The standard InChI is InChI=1S/C13H19BrN2O/c1-9-6-16(7-10(2)17-9)8-11-12(14)4-3-5-13(11)15/h3-5,9-10H,6-8,15H2,1-2H3/t9-,10+. The third kappa shape index (κ3) is 3.21. The summed E-state index contributed by atoms with van der Waals surface area (Å²) in [6.45, 7) is 7.04. The molecular weight excluding hydrogens is 280 g/mol. The topological polar surface area (TPSA) is 38.5 Å². The Morgan fingerprint density at radius 2 is 2.00 bits per heavy atom. The highest BCUT2D eigenvalue weighted by Crippen LogP contribution is 2.25. The van der Waals surface area contributed by atoms with Crippen LogP contribution in [0.15, 0.2) is 22.7 Å². The van der Waals surface area contributed by atoms with E-state index in [1.807, 2.05) is 18.2 Å². The number of benzene rings is 1. The number of morpholine rings is 1. The van der Waals surface area contributed by atoms with Crippen LogP contribution in [0.1, 0.15) is 19.4 Å². The van der Waals surface area contributed by atoms with Gasteiger partial charge in [0.25, 0.3) is 0 Å². The van der Waals surface area contributed by atoms with Crippen LogP contribution in [0.3, 0.4) is 0 Å². The van der Waals surface area contributed by atoms with Crippen molar-refractivity contribution in [1.29, 1.82) is 0 Å². The summed E-state index contributed by atoms with van der Waals surface area (Å²) in [6, 6.07) is 5.96. The lowest BCUT2D eigenvalue weighted by Crippen LogP contribution is -2.44.